The van der Waals surface area contributed by atoms with Crippen molar-refractivity contribution in [3.8, 4) is 0 Å². The van der Waals surface area contributed by atoms with Crippen LogP contribution in [0.4, 0.5) is 0 Å². The Kier molecular flexibility index (Phi) is 4.76. The molecular weight excluding hydrogens is 248 g/mol. The number of nitrogens with one attached hydrogen (secondary N) is 1. The van der Waals surface area contributed by atoms with Gasteiger partial charge in [-0.25, -0.2) is 0 Å². The summed E-state index contributed by atoms with van der Waals surface area (Å²) in [5.41, 5.74) is 0. The van der Waals surface area contributed by atoms with Gasteiger partial charge >= 0.3 is 5.97 Å². The van der Waals surface area contributed by atoms with Crippen molar-refractivity contribution in [2.75, 3.05) is 26.3 Å². The zero-order valence-corrected chi connectivity index (χ0v) is 11.3. The van der Waals surface area contributed by atoms with Crippen LogP contribution in [0.3, 0.4) is 0 Å². The molecule has 0 aromatic rings. The molecule has 6 heteroatoms. The van der Waals surface area contributed by atoms with Crippen LogP contribution >= 0.6 is 0 Å². The highest BCUT2D eigenvalue weighted by Crippen LogP contribution is 2.30. The van der Waals surface area contributed by atoms with Crippen LogP contribution in [-0.2, 0) is 14.3 Å². The van der Waals surface area contributed by atoms with Gasteiger partial charge in [0, 0.05) is 18.6 Å². The molecule has 1 saturated carbocycles. The fourth-order valence-corrected chi connectivity index (χ4v) is 2.55. The highest BCUT2D eigenvalue weighted by Gasteiger charge is 2.41. The summed E-state index contributed by atoms with van der Waals surface area (Å²) in [5.74, 6) is -0.981. The van der Waals surface area contributed by atoms with Gasteiger partial charge in [0.05, 0.1) is 25.6 Å². The molecule has 2 aliphatic rings. The summed E-state index contributed by atoms with van der Waals surface area (Å²) >= 11 is 0. The number of aliphatic carboxylic acids is 1. The molecule has 2 fully saturated rings. The monoisotopic (exact) mass is 270 g/mol. The van der Waals surface area contributed by atoms with Crippen molar-refractivity contribution in [3.63, 3.8) is 0 Å². The Labute approximate surface area is 113 Å². The number of carboxylic acid groups (broad SMARTS) is 1. The van der Waals surface area contributed by atoms with Gasteiger partial charge in [-0.05, 0) is 19.4 Å². The molecule has 2 rings (SSSR count). The minimum atomic E-state index is -0.857. The lowest BCUT2D eigenvalue weighted by Crippen LogP contribution is -2.47. The summed E-state index contributed by atoms with van der Waals surface area (Å²) in [6.45, 7) is 4.11. The molecule has 0 aromatic heterocycles. The lowest BCUT2D eigenvalue weighted by molar-refractivity contribution is -0.140. The largest absolute Gasteiger partial charge is 0.481 e. The van der Waals surface area contributed by atoms with E-state index in [0.29, 0.717) is 19.8 Å². The smallest absolute Gasteiger partial charge is 0.305 e. The molecule has 1 aliphatic carbocycles. The molecule has 6 nitrogen and oxygen atoms in total. The van der Waals surface area contributed by atoms with Crippen LogP contribution in [0.15, 0.2) is 0 Å². The summed E-state index contributed by atoms with van der Waals surface area (Å²) in [5, 5.41) is 12.0. The molecule has 2 atom stereocenters. The van der Waals surface area contributed by atoms with Gasteiger partial charge in [-0.15, -0.1) is 0 Å². The Hall–Kier alpha value is -1.14. The first kappa shape index (κ1) is 14.3. The second-order valence-corrected chi connectivity index (χ2v) is 5.21. The third-order valence-electron chi connectivity index (χ3n) is 3.70. The van der Waals surface area contributed by atoms with Crippen molar-refractivity contribution in [1.82, 2.24) is 10.2 Å². The van der Waals surface area contributed by atoms with Crippen molar-refractivity contribution in [2.45, 2.75) is 38.3 Å². The lowest BCUT2D eigenvalue weighted by atomic mass is 10.0. The molecule has 108 valence electrons. The summed E-state index contributed by atoms with van der Waals surface area (Å²) in [7, 11) is 0. The van der Waals surface area contributed by atoms with Gasteiger partial charge < -0.3 is 20.1 Å². The fourth-order valence-electron chi connectivity index (χ4n) is 2.55. The van der Waals surface area contributed by atoms with E-state index in [4.69, 9.17) is 9.84 Å². The number of carbonyl (C=O) groups excluding carboxylic acids is 1. The van der Waals surface area contributed by atoms with E-state index in [1.807, 2.05) is 6.92 Å². The van der Waals surface area contributed by atoms with Gasteiger partial charge in [-0.1, -0.05) is 6.92 Å². The molecular formula is C13H22N2O4. The number of rotatable bonds is 7. The number of carboxylic acids is 1. The molecule has 2 N–H and O–H groups in total. The topological polar surface area (TPSA) is 78.9 Å². The van der Waals surface area contributed by atoms with E-state index in [2.05, 4.69) is 5.32 Å². The fraction of sp³-hybridized carbons (Fsp3) is 0.846. The van der Waals surface area contributed by atoms with Gasteiger partial charge in [0.1, 0.15) is 0 Å². The number of nitrogens with zero attached hydrogens (tertiary/aromatic N) is 1. The highest BCUT2D eigenvalue weighted by molar-refractivity contribution is 5.81. The van der Waals surface area contributed by atoms with Crippen molar-refractivity contribution in [3.05, 3.63) is 0 Å². The molecule has 1 amide bonds. The minimum Gasteiger partial charge on any atom is -0.481 e. The van der Waals surface area contributed by atoms with E-state index in [0.717, 1.165) is 19.4 Å². The number of hydrogen-bond donors (Lipinski definition) is 2. The maximum absolute atomic E-state index is 12.5. The highest BCUT2D eigenvalue weighted by atomic mass is 16.5. The van der Waals surface area contributed by atoms with E-state index in [1.165, 1.54) is 0 Å². The van der Waals surface area contributed by atoms with E-state index >= 15 is 0 Å². The average Bonchev–Trinajstić information content (AvgIpc) is 3.09. The molecule has 1 aliphatic heterocycles. The molecule has 0 spiro atoms. The third kappa shape index (κ3) is 3.67. The maximum atomic E-state index is 12.5. The Morgan fingerprint density at radius 1 is 1.37 bits per heavy atom. The van der Waals surface area contributed by atoms with Gasteiger partial charge in [0.15, 0.2) is 0 Å². The molecule has 0 aromatic carbocycles. The van der Waals surface area contributed by atoms with Gasteiger partial charge in [-0.2, -0.15) is 0 Å². The minimum absolute atomic E-state index is 0.0156. The first-order valence-corrected chi connectivity index (χ1v) is 6.97. The predicted molar refractivity (Wildman–Crippen MR) is 68.8 cm³/mol. The predicted octanol–water partition coefficient (Wildman–Crippen LogP) is 0.0766. The van der Waals surface area contributed by atoms with Crippen molar-refractivity contribution in [1.29, 1.82) is 0 Å². The van der Waals surface area contributed by atoms with Gasteiger partial charge in [0.2, 0.25) is 5.91 Å². The zero-order valence-electron chi connectivity index (χ0n) is 11.3. The Bertz CT molecular complexity index is 344. The number of likely N-dealkylation sites (N-methyl/N-ethyl adjacent to an activating group) is 1. The van der Waals surface area contributed by atoms with Crippen LogP contribution < -0.4 is 5.32 Å². The van der Waals surface area contributed by atoms with E-state index < -0.39 is 5.97 Å². The van der Waals surface area contributed by atoms with Crippen LogP contribution in [0.25, 0.3) is 0 Å². The molecule has 19 heavy (non-hydrogen) atoms. The molecule has 0 bridgehead atoms. The van der Waals surface area contributed by atoms with E-state index in [9.17, 15) is 9.59 Å². The first-order valence-electron chi connectivity index (χ1n) is 6.97. The second kappa shape index (κ2) is 6.34. The van der Waals surface area contributed by atoms with E-state index in [1.54, 1.807) is 4.90 Å². The number of ether oxygens (including phenoxy) is 1. The lowest BCUT2D eigenvalue weighted by Gasteiger charge is -2.27. The molecule has 2 unspecified atom stereocenters. The van der Waals surface area contributed by atoms with Crippen LogP contribution in [0.5, 0.6) is 0 Å². The number of hydrogen-bond acceptors (Lipinski definition) is 4. The molecule has 1 heterocycles. The molecule has 1 saturated heterocycles. The quantitative estimate of drug-likeness (QED) is 0.685. The van der Waals surface area contributed by atoms with Gasteiger partial charge in [0.25, 0.3) is 0 Å². The average molecular weight is 270 g/mol. The Morgan fingerprint density at radius 3 is 2.68 bits per heavy atom. The SMILES string of the molecule is CCNC1COCC1C(=O)N(CCC(=O)O)C1CC1. The van der Waals surface area contributed by atoms with Crippen LogP contribution in [0.1, 0.15) is 26.2 Å². The number of amides is 1. The summed E-state index contributed by atoms with van der Waals surface area (Å²) < 4.78 is 5.39. The van der Waals surface area contributed by atoms with Crippen LogP contribution in [0, 0.1) is 5.92 Å². The first-order chi connectivity index (χ1) is 9.13. The summed E-state index contributed by atoms with van der Waals surface area (Å²) in [4.78, 5) is 25.0. The normalized spacial score (nSPS) is 26.4. The second-order valence-electron chi connectivity index (χ2n) is 5.21. The maximum Gasteiger partial charge on any atom is 0.305 e. The van der Waals surface area contributed by atoms with Crippen molar-refractivity contribution < 1.29 is 19.4 Å². The Balaban J connectivity index is 1.95. The third-order valence-corrected chi connectivity index (χ3v) is 3.70. The Morgan fingerprint density at radius 2 is 2.11 bits per heavy atom. The van der Waals surface area contributed by atoms with E-state index in [-0.39, 0.29) is 30.3 Å². The molecule has 0 radical (unpaired) electrons. The standard InChI is InChI=1S/C13H22N2O4/c1-2-14-11-8-19-7-10(11)13(18)15(9-3-4-9)6-5-12(16)17/h9-11,14H,2-8H2,1H3,(H,16,17). The van der Waals surface area contributed by atoms with Gasteiger partial charge in [-0.3, -0.25) is 9.59 Å². The van der Waals surface area contributed by atoms with Crippen molar-refractivity contribution >= 4 is 11.9 Å². The summed E-state index contributed by atoms with van der Waals surface area (Å²) in [6, 6.07) is 0.304. The van der Waals surface area contributed by atoms with Crippen LogP contribution in [0.2, 0.25) is 0 Å². The van der Waals surface area contributed by atoms with Crippen molar-refractivity contribution in [2.24, 2.45) is 5.92 Å². The summed E-state index contributed by atoms with van der Waals surface area (Å²) in [6.07, 6.45) is 2.00. The zero-order chi connectivity index (χ0) is 13.8. The number of carbonyl (C=O) groups is 2. The van der Waals surface area contributed by atoms with Crippen LogP contribution in [-0.4, -0.2) is 60.3 Å².